The summed E-state index contributed by atoms with van der Waals surface area (Å²) in [5.74, 6) is -1.64. The zero-order valence-corrected chi connectivity index (χ0v) is 13.7. The molecule has 3 rings (SSSR count). The van der Waals surface area contributed by atoms with Gasteiger partial charge in [0.15, 0.2) is 0 Å². The molecule has 0 saturated heterocycles. The Morgan fingerprint density at radius 2 is 2.04 bits per heavy atom. The SMILES string of the molecule is CC(C)COC(=O)Nc1c(C2CC2)c(C2CC(F)(F)C2)nn1C. The largest absolute Gasteiger partial charge is 0.449 e. The number of aromatic nitrogens is 2. The van der Waals surface area contributed by atoms with Crippen LogP contribution in [0, 0.1) is 5.92 Å². The van der Waals surface area contributed by atoms with Crippen molar-refractivity contribution in [1.29, 1.82) is 0 Å². The predicted molar refractivity (Wildman–Crippen MR) is 81.9 cm³/mol. The van der Waals surface area contributed by atoms with Crippen LogP contribution in [-0.2, 0) is 11.8 Å². The van der Waals surface area contributed by atoms with Gasteiger partial charge in [-0.15, -0.1) is 0 Å². The fourth-order valence-corrected chi connectivity index (χ4v) is 3.02. The number of alkyl halides is 2. The lowest BCUT2D eigenvalue weighted by Crippen LogP contribution is -2.34. The minimum absolute atomic E-state index is 0.152. The third kappa shape index (κ3) is 3.48. The Hall–Kier alpha value is -1.66. The average Bonchev–Trinajstić information content (AvgIpc) is 3.20. The second kappa shape index (κ2) is 5.76. The van der Waals surface area contributed by atoms with E-state index in [9.17, 15) is 13.6 Å². The van der Waals surface area contributed by atoms with Crippen molar-refractivity contribution >= 4 is 11.9 Å². The summed E-state index contributed by atoms with van der Waals surface area (Å²) in [6.07, 6.45) is 1.20. The second-order valence-electron chi connectivity index (χ2n) is 7.12. The maximum absolute atomic E-state index is 13.2. The molecule has 1 amide bonds. The molecule has 128 valence electrons. The summed E-state index contributed by atoms with van der Waals surface area (Å²) in [6.45, 7) is 4.26. The van der Waals surface area contributed by atoms with Gasteiger partial charge in [-0.2, -0.15) is 5.10 Å². The number of nitrogens with zero attached hydrogens (tertiary/aromatic N) is 2. The first-order valence-electron chi connectivity index (χ1n) is 8.15. The highest BCUT2D eigenvalue weighted by molar-refractivity contribution is 5.85. The summed E-state index contributed by atoms with van der Waals surface area (Å²) in [7, 11) is 1.73. The molecule has 0 radical (unpaired) electrons. The third-order valence-corrected chi connectivity index (χ3v) is 4.34. The van der Waals surface area contributed by atoms with Crippen molar-refractivity contribution in [3.8, 4) is 0 Å². The molecule has 0 atom stereocenters. The molecule has 0 aromatic carbocycles. The molecule has 1 aromatic rings. The lowest BCUT2D eigenvalue weighted by atomic mass is 9.77. The molecule has 2 saturated carbocycles. The maximum Gasteiger partial charge on any atom is 0.412 e. The molecular weight excluding hydrogens is 304 g/mol. The number of nitrogens with one attached hydrogen (secondary N) is 1. The standard InChI is InChI=1S/C16H23F2N3O2/c1-9(2)8-23-15(22)19-14-12(10-4-5-10)13(20-21(14)3)11-6-16(17,18)7-11/h9-11H,4-8H2,1-3H3,(H,19,22). The molecule has 1 aromatic heterocycles. The van der Waals surface area contributed by atoms with Crippen LogP contribution in [-0.4, -0.2) is 28.4 Å². The summed E-state index contributed by atoms with van der Waals surface area (Å²) in [6, 6.07) is 0. The van der Waals surface area contributed by atoms with Crippen molar-refractivity contribution in [1.82, 2.24) is 9.78 Å². The molecule has 2 fully saturated rings. The van der Waals surface area contributed by atoms with Gasteiger partial charge in [0.1, 0.15) is 5.82 Å². The van der Waals surface area contributed by atoms with Crippen LogP contribution < -0.4 is 5.32 Å². The van der Waals surface area contributed by atoms with Gasteiger partial charge in [-0.1, -0.05) is 13.8 Å². The van der Waals surface area contributed by atoms with Crippen molar-refractivity contribution in [2.75, 3.05) is 11.9 Å². The molecule has 0 aliphatic heterocycles. The van der Waals surface area contributed by atoms with Crippen molar-refractivity contribution < 1.29 is 18.3 Å². The van der Waals surface area contributed by atoms with Crippen molar-refractivity contribution in [2.45, 2.75) is 57.3 Å². The molecule has 5 nitrogen and oxygen atoms in total. The highest BCUT2D eigenvalue weighted by atomic mass is 19.3. The van der Waals surface area contributed by atoms with Crippen LogP contribution in [0.2, 0.25) is 0 Å². The van der Waals surface area contributed by atoms with Gasteiger partial charge in [-0.05, 0) is 24.7 Å². The van der Waals surface area contributed by atoms with E-state index in [1.54, 1.807) is 11.7 Å². The van der Waals surface area contributed by atoms with Crippen LogP contribution in [0.4, 0.5) is 19.4 Å². The summed E-state index contributed by atoms with van der Waals surface area (Å²) in [5, 5.41) is 7.17. The zero-order valence-electron chi connectivity index (χ0n) is 13.7. The second-order valence-corrected chi connectivity index (χ2v) is 7.12. The van der Waals surface area contributed by atoms with Crippen LogP contribution in [0.15, 0.2) is 0 Å². The van der Waals surface area contributed by atoms with E-state index in [1.165, 1.54) is 0 Å². The van der Waals surface area contributed by atoms with Crippen LogP contribution in [0.1, 0.15) is 62.6 Å². The normalized spacial score (nSPS) is 20.4. The summed E-state index contributed by atoms with van der Waals surface area (Å²) in [4.78, 5) is 11.9. The van der Waals surface area contributed by atoms with Crippen LogP contribution in [0.5, 0.6) is 0 Å². The molecule has 7 heteroatoms. The van der Waals surface area contributed by atoms with E-state index < -0.39 is 12.0 Å². The Morgan fingerprint density at radius 3 is 2.57 bits per heavy atom. The summed E-state index contributed by atoms with van der Waals surface area (Å²) in [5.41, 5.74) is 1.65. The highest BCUT2D eigenvalue weighted by Gasteiger charge is 2.49. The highest BCUT2D eigenvalue weighted by Crippen LogP contribution is 2.53. The molecule has 2 aliphatic rings. The molecule has 1 N–H and O–H groups in total. The molecule has 2 aliphatic carbocycles. The van der Waals surface area contributed by atoms with Gasteiger partial charge >= 0.3 is 6.09 Å². The topological polar surface area (TPSA) is 56.1 Å². The summed E-state index contributed by atoms with van der Waals surface area (Å²) < 4.78 is 33.1. The maximum atomic E-state index is 13.2. The Morgan fingerprint density at radius 1 is 1.39 bits per heavy atom. The number of carbonyl (C=O) groups excluding carboxylic acids is 1. The van der Waals surface area contributed by atoms with Crippen molar-refractivity contribution in [2.24, 2.45) is 13.0 Å². The van der Waals surface area contributed by atoms with Crippen LogP contribution in [0.3, 0.4) is 0 Å². The number of carbonyl (C=O) groups is 1. The minimum atomic E-state index is -2.58. The fourth-order valence-electron chi connectivity index (χ4n) is 3.02. The average molecular weight is 327 g/mol. The fraction of sp³-hybridized carbons (Fsp3) is 0.750. The first kappa shape index (κ1) is 16.2. The van der Waals surface area contributed by atoms with Crippen molar-refractivity contribution in [3.05, 3.63) is 11.3 Å². The Kier molecular flexibility index (Phi) is 4.06. The Bertz CT molecular complexity index is 601. The predicted octanol–water partition coefficient (Wildman–Crippen LogP) is 4.01. The van der Waals surface area contributed by atoms with E-state index in [4.69, 9.17) is 4.74 Å². The van der Waals surface area contributed by atoms with Gasteiger partial charge in [0, 0.05) is 31.4 Å². The lowest BCUT2D eigenvalue weighted by Gasteiger charge is -2.34. The number of amides is 1. The quantitative estimate of drug-likeness (QED) is 0.889. The number of halogens is 2. The number of aryl methyl sites for hydroxylation is 1. The molecule has 0 bridgehead atoms. The van der Waals surface area contributed by atoms with Crippen molar-refractivity contribution in [3.63, 3.8) is 0 Å². The summed E-state index contributed by atoms with van der Waals surface area (Å²) >= 11 is 0. The van der Waals surface area contributed by atoms with Crippen LogP contribution in [0.25, 0.3) is 0 Å². The number of rotatable bonds is 5. The first-order chi connectivity index (χ1) is 10.8. The molecule has 1 heterocycles. The number of hydrogen-bond acceptors (Lipinski definition) is 3. The monoisotopic (exact) mass is 327 g/mol. The molecule has 0 spiro atoms. The van der Waals surface area contributed by atoms with E-state index in [0.29, 0.717) is 18.3 Å². The minimum Gasteiger partial charge on any atom is -0.449 e. The number of anilines is 1. The van der Waals surface area contributed by atoms with Gasteiger partial charge < -0.3 is 4.74 Å². The van der Waals surface area contributed by atoms with E-state index in [0.717, 1.165) is 24.1 Å². The zero-order chi connectivity index (χ0) is 16.8. The van der Waals surface area contributed by atoms with E-state index in [-0.39, 0.29) is 24.7 Å². The third-order valence-electron chi connectivity index (χ3n) is 4.34. The number of ether oxygens (including phenoxy) is 1. The lowest BCUT2D eigenvalue weighted by molar-refractivity contribution is -0.0878. The van der Waals surface area contributed by atoms with E-state index >= 15 is 0 Å². The molecular formula is C16H23F2N3O2. The molecule has 0 unspecified atom stereocenters. The first-order valence-corrected chi connectivity index (χ1v) is 8.15. The van der Waals surface area contributed by atoms with Gasteiger partial charge in [0.25, 0.3) is 0 Å². The Labute approximate surface area is 134 Å². The van der Waals surface area contributed by atoms with Gasteiger partial charge in [0.2, 0.25) is 5.92 Å². The van der Waals surface area contributed by atoms with Crippen LogP contribution >= 0.6 is 0 Å². The van der Waals surface area contributed by atoms with E-state index in [2.05, 4.69) is 10.4 Å². The van der Waals surface area contributed by atoms with Gasteiger partial charge in [-0.3, -0.25) is 10.00 Å². The van der Waals surface area contributed by atoms with E-state index in [1.807, 2.05) is 13.8 Å². The number of hydrogen-bond donors (Lipinski definition) is 1. The van der Waals surface area contributed by atoms with Gasteiger partial charge in [-0.25, -0.2) is 13.6 Å². The Balaban J connectivity index is 1.77. The molecule has 23 heavy (non-hydrogen) atoms. The smallest absolute Gasteiger partial charge is 0.412 e. The van der Waals surface area contributed by atoms with Gasteiger partial charge in [0.05, 0.1) is 12.3 Å².